The fourth-order valence-electron chi connectivity index (χ4n) is 3.71. The van der Waals surface area contributed by atoms with Crippen LogP contribution in [-0.2, 0) is 11.8 Å². The van der Waals surface area contributed by atoms with Crippen molar-refractivity contribution < 1.29 is 4.74 Å². The maximum absolute atomic E-state index is 5.60. The molecule has 2 aromatic carbocycles. The van der Waals surface area contributed by atoms with E-state index in [1.54, 1.807) is 0 Å². The Morgan fingerprint density at radius 1 is 1.21 bits per heavy atom. The first-order chi connectivity index (χ1) is 13.7. The number of aromatic nitrogens is 1. The molecule has 0 spiro atoms. The summed E-state index contributed by atoms with van der Waals surface area (Å²) in [6, 6.07) is 18.7. The van der Waals surface area contributed by atoms with E-state index in [1.165, 1.54) is 5.52 Å². The van der Waals surface area contributed by atoms with E-state index in [0.717, 1.165) is 41.7 Å². The standard InChI is InChI=1S/C22H24N4OS/c1-26-20-12-6-5-11-18(20)19(21(26)16-8-3-2-4-9-16)15-24-25-22(28)23-14-17-10-7-13-27-17/h2-6,8-9,11-12,15,17H,7,10,13-14H2,1H3,(H2,23,25,28)/b24-15-/t17-/m1/s1. The summed E-state index contributed by atoms with van der Waals surface area (Å²) in [5, 5.41) is 9.25. The number of aryl methyl sites for hydroxylation is 1. The topological polar surface area (TPSA) is 50.6 Å². The molecule has 0 aliphatic carbocycles. The number of fused-ring (bicyclic) bond motifs is 1. The molecule has 0 radical (unpaired) electrons. The second-order valence-electron chi connectivity index (χ2n) is 6.92. The van der Waals surface area contributed by atoms with Gasteiger partial charge in [0.05, 0.1) is 18.0 Å². The van der Waals surface area contributed by atoms with Crippen molar-refractivity contribution in [3.8, 4) is 11.3 Å². The molecule has 0 bridgehead atoms. The van der Waals surface area contributed by atoms with Crippen LogP contribution in [0.1, 0.15) is 18.4 Å². The van der Waals surface area contributed by atoms with Crippen LogP contribution in [0.3, 0.4) is 0 Å². The molecule has 0 amide bonds. The highest BCUT2D eigenvalue weighted by atomic mass is 32.1. The molecule has 2 heterocycles. The Morgan fingerprint density at radius 2 is 2.00 bits per heavy atom. The zero-order chi connectivity index (χ0) is 19.3. The van der Waals surface area contributed by atoms with Crippen LogP contribution >= 0.6 is 12.2 Å². The largest absolute Gasteiger partial charge is 0.376 e. The Hall–Kier alpha value is -2.70. The molecule has 144 valence electrons. The van der Waals surface area contributed by atoms with E-state index in [2.05, 4.69) is 76.0 Å². The Balaban J connectivity index is 1.55. The first-order valence-electron chi connectivity index (χ1n) is 9.55. The summed E-state index contributed by atoms with van der Waals surface area (Å²) < 4.78 is 7.81. The molecule has 1 aromatic heterocycles. The minimum absolute atomic E-state index is 0.242. The molecule has 3 aromatic rings. The molecule has 4 rings (SSSR count). The van der Waals surface area contributed by atoms with Gasteiger partial charge in [0.25, 0.3) is 0 Å². The monoisotopic (exact) mass is 392 g/mol. The molecule has 6 heteroatoms. The molecule has 1 saturated heterocycles. The van der Waals surface area contributed by atoms with Gasteiger partial charge < -0.3 is 14.6 Å². The summed E-state index contributed by atoms with van der Waals surface area (Å²) in [6.07, 6.45) is 4.29. The van der Waals surface area contributed by atoms with E-state index in [0.29, 0.717) is 11.7 Å². The first kappa shape index (κ1) is 18.7. The van der Waals surface area contributed by atoms with E-state index in [4.69, 9.17) is 17.0 Å². The summed E-state index contributed by atoms with van der Waals surface area (Å²) in [6.45, 7) is 1.55. The van der Waals surface area contributed by atoms with Crippen LogP contribution < -0.4 is 10.7 Å². The van der Waals surface area contributed by atoms with Gasteiger partial charge in [0.15, 0.2) is 5.11 Å². The van der Waals surface area contributed by atoms with Crippen molar-refractivity contribution in [1.82, 2.24) is 15.3 Å². The second kappa shape index (κ2) is 8.54. The first-order valence-corrected chi connectivity index (χ1v) is 9.96. The van der Waals surface area contributed by atoms with Crippen LogP contribution in [-0.4, -0.2) is 35.1 Å². The van der Waals surface area contributed by atoms with Crippen LogP contribution in [0.25, 0.3) is 22.2 Å². The maximum atomic E-state index is 5.60. The summed E-state index contributed by atoms with van der Waals surface area (Å²) >= 11 is 5.33. The summed E-state index contributed by atoms with van der Waals surface area (Å²) in [7, 11) is 2.09. The Labute approximate surface area is 170 Å². The number of benzene rings is 2. The van der Waals surface area contributed by atoms with Crippen molar-refractivity contribution in [3.05, 3.63) is 60.2 Å². The molecular formula is C22H24N4OS. The summed E-state index contributed by atoms with van der Waals surface area (Å²) in [5.74, 6) is 0. The fourth-order valence-corrected chi connectivity index (χ4v) is 3.84. The molecule has 0 unspecified atom stereocenters. The van der Waals surface area contributed by atoms with Gasteiger partial charge in [0.2, 0.25) is 0 Å². The van der Waals surface area contributed by atoms with Crippen molar-refractivity contribution >= 4 is 34.4 Å². The summed E-state index contributed by atoms with van der Waals surface area (Å²) in [5.41, 5.74) is 7.45. The summed E-state index contributed by atoms with van der Waals surface area (Å²) in [4.78, 5) is 0. The molecule has 0 saturated carbocycles. The zero-order valence-electron chi connectivity index (χ0n) is 15.9. The highest BCUT2D eigenvalue weighted by Gasteiger charge is 2.16. The zero-order valence-corrected chi connectivity index (χ0v) is 16.7. The fraction of sp³-hybridized carbons (Fsp3) is 0.273. The highest BCUT2D eigenvalue weighted by Crippen LogP contribution is 2.31. The molecule has 28 heavy (non-hydrogen) atoms. The van der Waals surface area contributed by atoms with Crippen LogP contribution in [0.5, 0.6) is 0 Å². The number of rotatable bonds is 5. The number of nitrogens with one attached hydrogen (secondary N) is 2. The van der Waals surface area contributed by atoms with Gasteiger partial charge in [-0.2, -0.15) is 5.10 Å². The lowest BCUT2D eigenvalue weighted by molar-refractivity contribution is 0.114. The maximum Gasteiger partial charge on any atom is 0.187 e. The molecular weight excluding hydrogens is 368 g/mol. The van der Waals surface area contributed by atoms with Crippen LogP contribution in [0.15, 0.2) is 59.7 Å². The number of ether oxygens (including phenoxy) is 1. The average Bonchev–Trinajstić information content (AvgIpc) is 3.34. The molecule has 1 aliphatic heterocycles. The van der Waals surface area contributed by atoms with Crippen LogP contribution in [0.2, 0.25) is 0 Å². The number of hydrogen-bond acceptors (Lipinski definition) is 3. The van der Waals surface area contributed by atoms with Crippen LogP contribution in [0.4, 0.5) is 0 Å². The Morgan fingerprint density at radius 3 is 2.79 bits per heavy atom. The van der Waals surface area contributed by atoms with Gasteiger partial charge in [-0.3, -0.25) is 5.43 Å². The quantitative estimate of drug-likeness (QED) is 0.394. The van der Waals surface area contributed by atoms with Gasteiger partial charge in [0, 0.05) is 36.7 Å². The highest BCUT2D eigenvalue weighted by molar-refractivity contribution is 7.80. The predicted molar refractivity (Wildman–Crippen MR) is 119 cm³/mol. The normalized spacial score (nSPS) is 16.7. The number of thiocarbonyl (C=S) groups is 1. The van der Waals surface area contributed by atoms with Gasteiger partial charge in [-0.25, -0.2) is 0 Å². The molecule has 1 fully saturated rings. The van der Waals surface area contributed by atoms with Gasteiger partial charge >= 0.3 is 0 Å². The third-order valence-corrected chi connectivity index (χ3v) is 5.30. The van der Waals surface area contributed by atoms with Gasteiger partial charge in [0.1, 0.15) is 0 Å². The van der Waals surface area contributed by atoms with Crippen molar-refractivity contribution in [1.29, 1.82) is 0 Å². The van der Waals surface area contributed by atoms with Gasteiger partial charge in [-0.15, -0.1) is 0 Å². The number of hydrazone groups is 1. The third kappa shape index (κ3) is 3.93. The van der Waals surface area contributed by atoms with Crippen LogP contribution in [0, 0.1) is 0 Å². The van der Waals surface area contributed by atoms with E-state index in [1.807, 2.05) is 12.3 Å². The Bertz CT molecular complexity index is 990. The lowest BCUT2D eigenvalue weighted by Crippen LogP contribution is -2.37. The van der Waals surface area contributed by atoms with E-state index >= 15 is 0 Å². The minimum Gasteiger partial charge on any atom is -0.376 e. The molecule has 2 N–H and O–H groups in total. The SMILES string of the molecule is Cn1c(-c2ccccc2)c(/C=N\NC(=S)NC[C@H]2CCCO2)c2ccccc21. The predicted octanol–water partition coefficient (Wildman–Crippen LogP) is 3.82. The van der Waals surface area contributed by atoms with Crippen molar-refractivity contribution in [2.24, 2.45) is 12.1 Å². The second-order valence-corrected chi connectivity index (χ2v) is 7.33. The third-order valence-electron chi connectivity index (χ3n) is 5.07. The lowest BCUT2D eigenvalue weighted by atomic mass is 10.1. The lowest BCUT2D eigenvalue weighted by Gasteiger charge is -2.11. The van der Waals surface area contributed by atoms with E-state index in [9.17, 15) is 0 Å². The molecule has 5 nitrogen and oxygen atoms in total. The molecule has 1 aliphatic rings. The average molecular weight is 393 g/mol. The molecule has 1 atom stereocenters. The Kier molecular flexibility index (Phi) is 5.69. The minimum atomic E-state index is 0.242. The number of hydrogen-bond donors (Lipinski definition) is 2. The van der Waals surface area contributed by atoms with Crippen molar-refractivity contribution in [2.45, 2.75) is 18.9 Å². The van der Waals surface area contributed by atoms with E-state index in [-0.39, 0.29) is 6.10 Å². The van der Waals surface area contributed by atoms with Gasteiger partial charge in [-0.1, -0.05) is 48.5 Å². The number of para-hydroxylation sites is 1. The number of nitrogens with zero attached hydrogens (tertiary/aromatic N) is 2. The van der Waals surface area contributed by atoms with Gasteiger partial charge in [-0.05, 0) is 36.7 Å². The smallest absolute Gasteiger partial charge is 0.187 e. The van der Waals surface area contributed by atoms with Crippen molar-refractivity contribution in [2.75, 3.05) is 13.2 Å². The van der Waals surface area contributed by atoms with E-state index < -0.39 is 0 Å². The van der Waals surface area contributed by atoms with Crippen molar-refractivity contribution in [3.63, 3.8) is 0 Å².